The lowest BCUT2D eigenvalue weighted by Crippen LogP contribution is -2.36. The lowest BCUT2D eigenvalue weighted by atomic mass is 10.2. The van der Waals surface area contributed by atoms with Crippen LogP contribution < -0.4 is 0 Å². The highest BCUT2D eigenvalue weighted by atomic mass is 35.5. The summed E-state index contributed by atoms with van der Waals surface area (Å²) >= 11 is 17.9. The van der Waals surface area contributed by atoms with E-state index < -0.39 is 10.0 Å². The molecule has 7 heteroatoms. The number of rotatable bonds is 6. The van der Waals surface area contributed by atoms with Crippen LogP contribution in [0.4, 0.5) is 0 Å². The van der Waals surface area contributed by atoms with Gasteiger partial charge in [0.2, 0.25) is 10.0 Å². The van der Waals surface area contributed by atoms with Crippen LogP contribution in [0.3, 0.4) is 0 Å². The smallest absolute Gasteiger partial charge is 0.207 e. The van der Waals surface area contributed by atoms with Crippen LogP contribution in [0.2, 0.25) is 10.0 Å². The van der Waals surface area contributed by atoms with Crippen molar-refractivity contribution in [2.24, 2.45) is 5.92 Å². The maximum absolute atomic E-state index is 12.9. The number of alkyl halides is 1. The molecule has 118 valence electrons. The molecular weight excluding hydrogens is 353 g/mol. The van der Waals surface area contributed by atoms with Crippen LogP contribution in [-0.2, 0) is 15.9 Å². The molecule has 1 saturated carbocycles. The lowest BCUT2D eigenvalue weighted by Gasteiger charge is -2.24. The van der Waals surface area contributed by atoms with Crippen molar-refractivity contribution in [2.45, 2.75) is 43.5 Å². The van der Waals surface area contributed by atoms with Crippen LogP contribution >= 0.6 is 34.8 Å². The van der Waals surface area contributed by atoms with Crippen molar-refractivity contribution >= 4 is 44.8 Å². The van der Waals surface area contributed by atoms with Gasteiger partial charge < -0.3 is 0 Å². The predicted molar refractivity (Wildman–Crippen MR) is 87.8 cm³/mol. The Morgan fingerprint density at radius 1 is 1.24 bits per heavy atom. The zero-order valence-electron chi connectivity index (χ0n) is 11.9. The molecule has 1 fully saturated rings. The average Bonchev–Trinajstić information content (AvgIpc) is 3.19. The number of benzene rings is 1. The molecule has 21 heavy (non-hydrogen) atoms. The summed E-state index contributed by atoms with van der Waals surface area (Å²) in [6.45, 7) is 4.49. The van der Waals surface area contributed by atoms with E-state index in [1.54, 1.807) is 4.31 Å². The van der Waals surface area contributed by atoms with Crippen LogP contribution in [0, 0.1) is 5.92 Å². The van der Waals surface area contributed by atoms with E-state index in [0.717, 1.165) is 12.8 Å². The molecule has 0 spiro atoms. The van der Waals surface area contributed by atoms with Crippen LogP contribution in [0.1, 0.15) is 32.3 Å². The quantitative estimate of drug-likeness (QED) is 0.689. The predicted octanol–water partition coefficient (Wildman–Crippen LogP) is 4.54. The Balaban J connectivity index is 2.46. The summed E-state index contributed by atoms with van der Waals surface area (Å²) in [5.41, 5.74) is 0.571. The van der Waals surface area contributed by atoms with Gasteiger partial charge >= 0.3 is 0 Å². The zero-order chi connectivity index (χ0) is 15.8. The fourth-order valence-electron chi connectivity index (χ4n) is 2.16. The van der Waals surface area contributed by atoms with Crippen molar-refractivity contribution in [3.05, 3.63) is 27.7 Å². The van der Waals surface area contributed by atoms with E-state index in [1.807, 2.05) is 13.8 Å². The third kappa shape index (κ3) is 3.85. The summed E-state index contributed by atoms with van der Waals surface area (Å²) in [7, 11) is -3.63. The monoisotopic (exact) mass is 369 g/mol. The van der Waals surface area contributed by atoms with E-state index >= 15 is 0 Å². The Labute approximate surface area is 141 Å². The van der Waals surface area contributed by atoms with Crippen LogP contribution in [0.25, 0.3) is 0 Å². The fourth-order valence-corrected chi connectivity index (χ4v) is 5.14. The number of hydrogen-bond donors (Lipinski definition) is 0. The molecule has 0 atom stereocenters. The molecule has 0 unspecified atom stereocenters. The Kier molecular flexibility index (Phi) is 5.48. The number of hydrogen-bond acceptors (Lipinski definition) is 2. The molecule has 2 rings (SSSR count). The van der Waals surface area contributed by atoms with Gasteiger partial charge in [-0.25, -0.2) is 8.42 Å². The second-order valence-electron chi connectivity index (χ2n) is 5.71. The molecule has 3 nitrogen and oxygen atoms in total. The Morgan fingerprint density at radius 2 is 1.86 bits per heavy atom. The molecule has 0 radical (unpaired) electrons. The van der Waals surface area contributed by atoms with Crippen molar-refractivity contribution in [3.8, 4) is 0 Å². The van der Waals surface area contributed by atoms with Crippen molar-refractivity contribution in [1.29, 1.82) is 0 Å². The topological polar surface area (TPSA) is 37.4 Å². The van der Waals surface area contributed by atoms with Gasteiger partial charge in [-0.15, -0.1) is 11.6 Å². The van der Waals surface area contributed by atoms with Gasteiger partial charge in [0.05, 0.1) is 5.02 Å². The normalized spacial score (nSPS) is 16.0. The first-order valence-corrected chi connectivity index (χ1v) is 9.56. The minimum Gasteiger partial charge on any atom is -0.207 e. The van der Waals surface area contributed by atoms with Gasteiger partial charge in [-0.2, -0.15) is 4.31 Å². The lowest BCUT2D eigenvalue weighted by molar-refractivity contribution is 0.360. The maximum atomic E-state index is 12.9. The van der Waals surface area contributed by atoms with E-state index in [-0.39, 0.29) is 27.8 Å². The van der Waals surface area contributed by atoms with Crippen molar-refractivity contribution < 1.29 is 8.42 Å². The van der Waals surface area contributed by atoms with E-state index in [0.29, 0.717) is 17.1 Å². The minimum atomic E-state index is -3.63. The molecule has 1 aliphatic rings. The van der Waals surface area contributed by atoms with Crippen LogP contribution in [-0.4, -0.2) is 25.3 Å². The summed E-state index contributed by atoms with van der Waals surface area (Å²) in [4.78, 5) is 0.0942. The standard InChI is InChI=1S/C14H18Cl3NO2S/c1-9(2)8-18(11-3-4-11)21(19,20)14-5-10(7-15)12(16)6-13(14)17/h5-6,9,11H,3-4,7-8H2,1-2H3. The van der Waals surface area contributed by atoms with Gasteiger partial charge in [0.15, 0.2) is 0 Å². The van der Waals surface area contributed by atoms with Crippen molar-refractivity contribution in [3.63, 3.8) is 0 Å². The molecule has 0 bridgehead atoms. The summed E-state index contributed by atoms with van der Waals surface area (Å²) in [5.74, 6) is 0.394. The highest BCUT2D eigenvalue weighted by Crippen LogP contribution is 2.36. The zero-order valence-corrected chi connectivity index (χ0v) is 15.0. The number of sulfonamides is 1. The van der Waals surface area contributed by atoms with Gasteiger partial charge in [0, 0.05) is 23.5 Å². The third-order valence-electron chi connectivity index (χ3n) is 3.33. The summed E-state index contributed by atoms with van der Waals surface area (Å²) in [6, 6.07) is 3.03. The fraction of sp³-hybridized carbons (Fsp3) is 0.571. The molecule has 0 aliphatic heterocycles. The Morgan fingerprint density at radius 3 is 2.33 bits per heavy atom. The van der Waals surface area contributed by atoms with Gasteiger partial charge in [0.1, 0.15) is 4.90 Å². The first kappa shape index (κ1) is 17.4. The summed E-state index contributed by atoms with van der Waals surface area (Å²) in [6.07, 6.45) is 1.80. The molecule has 1 aromatic rings. The minimum absolute atomic E-state index is 0.0867. The molecule has 0 N–H and O–H groups in total. The highest BCUT2D eigenvalue weighted by molar-refractivity contribution is 7.89. The van der Waals surface area contributed by atoms with E-state index in [4.69, 9.17) is 34.8 Å². The van der Waals surface area contributed by atoms with Crippen molar-refractivity contribution in [1.82, 2.24) is 4.31 Å². The van der Waals surface area contributed by atoms with Gasteiger partial charge in [-0.3, -0.25) is 0 Å². The van der Waals surface area contributed by atoms with E-state index in [9.17, 15) is 8.42 Å². The molecular formula is C14H18Cl3NO2S. The molecule has 0 saturated heterocycles. The molecule has 0 heterocycles. The molecule has 0 aromatic heterocycles. The Hall–Kier alpha value is -0.000000000000000111. The maximum Gasteiger partial charge on any atom is 0.244 e. The highest BCUT2D eigenvalue weighted by Gasteiger charge is 2.39. The van der Waals surface area contributed by atoms with Gasteiger partial charge in [-0.1, -0.05) is 37.0 Å². The third-order valence-corrected chi connectivity index (χ3v) is 6.35. The van der Waals surface area contributed by atoms with E-state index in [1.165, 1.54) is 12.1 Å². The second-order valence-corrected chi connectivity index (χ2v) is 8.65. The average molecular weight is 371 g/mol. The molecule has 0 amide bonds. The van der Waals surface area contributed by atoms with Crippen molar-refractivity contribution in [2.75, 3.05) is 6.54 Å². The second kappa shape index (κ2) is 6.63. The van der Waals surface area contributed by atoms with Gasteiger partial charge in [-0.05, 0) is 36.5 Å². The first-order valence-electron chi connectivity index (χ1n) is 6.83. The first-order chi connectivity index (χ1) is 9.77. The largest absolute Gasteiger partial charge is 0.244 e. The van der Waals surface area contributed by atoms with Gasteiger partial charge in [0.25, 0.3) is 0 Å². The molecule has 1 aliphatic carbocycles. The SMILES string of the molecule is CC(C)CN(C1CC1)S(=O)(=O)c1cc(CCl)c(Cl)cc1Cl. The van der Waals surface area contributed by atoms with E-state index in [2.05, 4.69) is 0 Å². The summed E-state index contributed by atoms with van der Waals surface area (Å²) < 4.78 is 27.4. The molecule has 1 aromatic carbocycles. The Bertz CT molecular complexity index is 627. The van der Waals surface area contributed by atoms with Crippen LogP contribution in [0.15, 0.2) is 17.0 Å². The number of nitrogens with zero attached hydrogens (tertiary/aromatic N) is 1. The van der Waals surface area contributed by atoms with Crippen LogP contribution in [0.5, 0.6) is 0 Å². The number of halogens is 3. The summed E-state index contributed by atoms with van der Waals surface area (Å²) in [5, 5.41) is 0.527.